The number of hydrogen-bond donors (Lipinski definition) is 1. The van der Waals surface area contributed by atoms with Gasteiger partial charge in [-0.05, 0) is 44.6 Å². The molecule has 1 N–H and O–H groups in total. The van der Waals surface area contributed by atoms with Crippen LogP contribution < -0.4 is 10.1 Å². The zero-order valence-electron chi connectivity index (χ0n) is 14.8. The Bertz CT molecular complexity index is 457. The molecular formula is C18H32N2O. The maximum Gasteiger partial charge on any atom is 0.128 e. The van der Waals surface area contributed by atoms with Crippen molar-refractivity contribution in [2.45, 2.75) is 54.4 Å². The number of pyridine rings is 1. The number of nitrogens with one attached hydrogen (secondary N) is 1. The van der Waals surface area contributed by atoms with Crippen molar-refractivity contribution in [2.24, 2.45) is 11.3 Å². The number of aryl methyl sites for hydroxylation is 1. The predicted molar refractivity (Wildman–Crippen MR) is 90.1 cm³/mol. The molecule has 0 spiro atoms. The van der Waals surface area contributed by atoms with E-state index in [2.05, 4.69) is 44.9 Å². The Morgan fingerprint density at radius 3 is 2.52 bits per heavy atom. The molecule has 0 radical (unpaired) electrons. The van der Waals surface area contributed by atoms with Crippen LogP contribution in [0.25, 0.3) is 0 Å². The fourth-order valence-corrected chi connectivity index (χ4v) is 2.65. The Balaban J connectivity index is 2.99. The summed E-state index contributed by atoms with van der Waals surface area (Å²) in [6, 6.07) is 0. The highest BCUT2D eigenvalue weighted by Crippen LogP contribution is 2.33. The summed E-state index contributed by atoms with van der Waals surface area (Å²) in [5.41, 5.74) is 3.65. The van der Waals surface area contributed by atoms with Crippen molar-refractivity contribution >= 4 is 0 Å². The van der Waals surface area contributed by atoms with Crippen molar-refractivity contribution in [3.63, 3.8) is 0 Å². The van der Waals surface area contributed by atoms with Crippen molar-refractivity contribution in [1.82, 2.24) is 10.3 Å². The van der Waals surface area contributed by atoms with Gasteiger partial charge in [0.05, 0.1) is 7.11 Å². The van der Waals surface area contributed by atoms with Crippen LogP contribution in [0.3, 0.4) is 0 Å². The Kier molecular flexibility index (Phi) is 6.66. The zero-order valence-corrected chi connectivity index (χ0v) is 14.8. The Morgan fingerprint density at radius 1 is 1.33 bits per heavy atom. The van der Waals surface area contributed by atoms with Gasteiger partial charge in [0.2, 0.25) is 0 Å². The number of methoxy groups -OCH3 is 1. The highest BCUT2D eigenvalue weighted by atomic mass is 16.5. The normalized spacial score (nSPS) is 14.3. The van der Waals surface area contributed by atoms with Gasteiger partial charge in [0.15, 0.2) is 0 Å². The summed E-state index contributed by atoms with van der Waals surface area (Å²) in [6.07, 6.45) is 4.08. The first-order chi connectivity index (χ1) is 9.85. The summed E-state index contributed by atoms with van der Waals surface area (Å²) >= 11 is 0. The number of aromatic nitrogens is 1. The van der Waals surface area contributed by atoms with E-state index < -0.39 is 0 Å². The molecule has 0 fully saturated rings. The third-order valence-electron chi connectivity index (χ3n) is 4.67. The highest BCUT2D eigenvalue weighted by molar-refractivity contribution is 5.41. The van der Waals surface area contributed by atoms with E-state index in [-0.39, 0.29) is 5.41 Å². The van der Waals surface area contributed by atoms with Crippen LogP contribution >= 0.6 is 0 Å². The predicted octanol–water partition coefficient (Wildman–Crippen LogP) is 3.91. The van der Waals surface area contributed by atoms with Gasteiger partial charge in [0.1, 0.15) is 5.75 Å². The van der Waals surface area contributed by atoms with Gasteiger partial charge in [0.25, 0.3) is 0 Å². The van der Waals surface area contributed by atoms with Crippen LogP contribution in [0.15, 0.2) is 6.20 Å². The van der Waals surface area contributed by atoms with E-state index in [4.69, 9.17) is 4.74 Å². The van der Waals surface area contributed by atoms with Crippen LogP contribution in [0.5, 0.6) is 5.75 Å². The summed E-state index contributed by atoms with van der Waals surface area (Å²) in [5.74, 6) is 1.57. The van der Waals surface area contributed by atoms with Crippen molar-refractivity contribution in [3.05, 3.63) is 23.0 Å². The molecule has 0 saturated heterocycles. The average Bonchev–Trinajstić information content (AvgIpc) is 2.43. The average molecular weight is 292 g/mol. The van der Waals surface area contributed by atoms with Crippen molar-refractivity contribution < 1.29 is 4.74 Å². The van der Waals surface area contributed by atoms with Gasteiger partial charge in [0, 0.05) is 29.6 Å². The molecular weight excluding hydrogens is 260 g/mol. The van der Waals surface area contributed by atoms with Gasteiger partial charge in [-0.2, -0.15) is 0 Å². The number of rotatable bonds is 8. The number of hydrogen-bond acceptors (Lipinski definition) is 3. The van der Waals surface area contributed by atoms with Crippen LogP contribution in [-0.2, 0) is 6.42 Å². The fraction of sp³-hybridized carbons (Fsp3) is 0.722. The molecule has 1 aromatic heterocycles. The van der Waals surface area contributed by atoms with Gasteiger partial charge in [-0.15, -0.1) is 0 Å². The molecule has 120 valence electrons. The first kappa shape index (κ1) is 18.0. The first-order valence-corrected chi connectivity index (χ1v) is 8.05. The van der Waals surface area contributed by atoms with Crippen LogP contribution in [0, 0.1) is 25.2 Å². The topological polar surface area (TPSA) is 34.2 Å². The fourth-order valence-electron chi connectivity index (χ4n) is 2.65. The molecule has 1 unspecified atom stereocenters. The minimum atomic E-state index is 0.202. The summed E-state index contributed by atoms with van der Waals surface area (Å²) in [6.45, 7) is 15.4. The second-order valence-electron chi connectivity index (χ2n) is 6.71. The lowest BCUT2D eigenvalue weighted by atomic mass is 9.74. The van der Waals surface area contributed by atoms with E-state index in [9.17, 15) is 0 Å². The molecule has 1 rings (SSSR count). The maximum absolute atomic E-state index is 5.53. The lowest BCUT2D eigenvalue weighted by Gasteiger charge is -2.34. The van der Waals surface area contributed by atoms with E-state index in [1.807, 2.05) is 13.1 Å². The summed E-state index contributed by atoms with van der Waals surface area (Å²) in [5, 5.41) is 3.58. The Morgan fingerprint density at radius 2 is 2.00 bits per heavy atom. The van der Waals surface area contributed by atoms with E-state index in [0.29, 0.717) is 5.92 Å². The molecule has 1 atom stereocenters. The molecule has 0 aliphatic carbocycles. The monoisotopic (exact) mass is 292 g/mol. The lowest BCUT2D eigenvalue weighted by Crippen LogP contribution is -2.38. The smallest absolute Gasteiger partial charge is 0.128 e. The second-order valence-corrected chi connectivity index (χ2v) is 6.71. The summed E-state index contributed by atoms with van der Waals surface area (Å²) < 4.78 is 5.53. The van der Waals surface area contributed by atoms with Gasteiger partial charge < -0.3 is 10.1 Å². The molecule has 0 saturated carbocycles. The molecule has 0 amide bonds. The minimum Gasteiger partial charge on any atom is -0.496 e. The van der Waals surface area contributed by atoms with E-state index in [0.717, 1.165) is 36.5 Å². The number of ether oxygens (including phenoxy) is 1. The highest BCUT2D eigenvalue weighted by Gasteiger charge is 2.30. The molecule has 0 aliphatic heterocycles. The molecule has 0 aromatic carbocycles. The molecule has 21 heavy (non-hydrogen) atoms. The van der Waals surface area contributed by atoms with Crippen LogP contribution in [0.2, 0.25) is 0 Å². The van der Waals surface area contributed by atoms with Crippen molar-refractivity contribution in [2.75, 3.05) is 20.2 Å². The molecule has 3 heteroatoms. The van der Waals surface area contributed by atoms with Crippen molar-refractivity contribution in [1.29, 1.82) is 0 Å². The molecule has 1 heterocycles. The van der Waals surface area contributed by atoms with E-state index in [1.54, 1.807) is 7.11 Å². The molecule has 0 aliphatic rings. The lowest BCUT2D eigenvalue weighted by molar-refractivity contribution is 0.205. The largest absolute Gasteiger partial charge is 0.496 e. The zero-order chi connectivity index (χ0) is 16.0. The third-order valence-corrected chi connectivity index (χ3v) is 4.67. The third kappa shape index (κ3) is 4.44. The molecule has 3 nitrogen and oxygen atoms in total. The van der Waals surface area contributed by atoms with Crippen LogP contribution in [-0.4, -0.2) is 25.2 Å². The van der Waals surface area contributed by atoms with Gasteiger partial charge >= 0.3 is 0 Å². The molecule has 0 bridgehead atoms. The van der Waals surface area contributed by atoms with Gasteiger partial charge in [-0.3, -0.25) is 4.98 Å². The van der Waals surface area contributed by atoms with E-state index in [1.165, 1.54) is 12.0 Å². The van der Waals surface area contributed by atoms with Gasteiger partial charge in [-0.1, -0.05) is 27.7 Å². The SMILES string of the molecule is CCCNCC(C)(Cc1ncc(C)c(OC)c1C)C(C)C. The van der Waals surface area contributed by atoms with Crippen molar-refractivity contribution in [3.8, 4) is 5.75 Å². The van der Waals surface area contributed by atoms with Crippen LogP contribution in [0.4, 0.5) is 0 Å². The Labute approximate surface area is 130 Å². The summed E-state index contributed by atoms with van der Waals surface area (Å²) in [4.78, 5) is 4.67. The number of nitrogens with zero attached hydrogens (tertiary/aromatic N) is 1. The minimum absolute atomic E-state index is 0.202. The first-order valence-electron chi connectivity index (χ1n) is 8.05. The van der Waals surface area contributed by atoms with Crippen LogP contribution in [0.1, 0.15) is 50.9 Å². The van der Waals surface area contributed by atoms with E-state index >= 15 is 0 Å². The molecule has 1 aromatic rings. The van der Waals surface area contributed by atoms with Gasteiger partial charge in [-0.25, -0.2) is 0 Å². The standard InChI is InChI=1S/C18H32N2O/c1-8-9-19-12-18(6,13(2)3)10-16-15(5)17(21-7)14(4)11-20-16/h11,13,19H,8-10,12H2,1-7H3. The quantitative estimate of drug-likeness (QED) is 0.738. The second kappa shape index (κ2) is 7.79. The maximum atomic E-state index is 5.53. The Hall–Kier alpha value is -1.09. The summed E-state index contributed by atoms with van der Waals surface area (Å²) in [7, 11) is 1.74.